The fraction of sp³-hybridized carbons (Fsp3) is 0.667. The maximum atomic E-state index is 12.0. The average Bonchev–Trinajstić information content (AvgIpc) is 2.56. The SMILES string of the molecule is CN1CCCN(C(=O)NC(CCC(=O)O)C(=O)O)CC1=O. The zero-order valence-corrected chi connectivity index (χ0v) is 11.7. The Morgan fingerprint density at radius 2 is 1.95 bits per heavy atom. The van der Waals surface area contributed by atoms with Gasteiger partial charge in [0.15, 0.2) is 0 Å². The van der Waals surface area contributed by atoms with E-state index in [9.17, 15) is 19.2 Å². The first-order chi connectivity index (χ1) is 9.81. The van der Waals surface area contributed by atoms with Crippen LogP contribution in [0.1, 0.15) is 19.3 Å². The highest BCUT2D eigenvalue weighted by atomic mass is 16.4. The summed E-state index contributed by atoms with van der Waals surface area (Å²) in [5.41, 5.74) is 0. The van der Waals surface area contributed by atoms with Crippen LogP contribution in [0.3, 0.4) is 0 Å². The number of nitrogens with one attached hydrogen (secondary N) is 1. The van der Waals surface area contributed by atoms with E-state index in [1.807, 2.05) is 0 Å². The van der Waals surface area contributed by atoms with E-state index >= 15 is 0 Å². The first kappa shape index (κ1) is 16.7. The van der Waals surface area contributed by atoms with Crippen molar-refractivity contribution in [2.24, 2.45) is 0 Å². The van der Waals surface area contributed by atoms with Gasteiger partial charge in [0.05, 0.1) is 0 Å². The summed E-state index contributed by atoms with van der Waals surface area (Å²) in [4.78, 5) is 47.9. The van der Waals surface area contributed by atoms with Gasteiger partial charge in [-0.2, -0.15) is 0 Å². The predicted molar refractivity (Wildman–Crippen MR) is 70.7 cm³/mol. The van der Waals surface area contributed by atoms with Gasteiger partial charge in [-0.25, -0.2) is 9.59 Å². The lowest BCUT2D eigenvalue weighted by Crippen LogP contribution is -2.49. The van der Waals surface area contributed by atoms with Crippen molar-refractivity contribution in [3.63, 3.8) is 0 Å². The van der Waals surface area contributed by atoms with Crippen LogP contribution >= 0.6 is 0 Å². The summed E-state index contributed by atoms with van der Waals surface area (Å²) < 4.78 is 0. The minimum Gasteiger partial charge on any atom is -0.481 e. The molecule has 1 aliphatic rings. The van der Waals surface area contributed by atoms with Gasteiger partial charge in [-0.1, -0.05) is 0 Å². The zero-order valence-electron chi connectivity index (χ0n) is 11.7. The van der Waals surface area contributed by atoms with Crippen molar-refractivity contribution in [1.82, 2.24) is 15.1 Å². The molecule has 1 fully saturated rings. The summed E-state index contributed by atoms with van der Waals surface area (Å²) in [5, 5.41) is 19.8. The summed E-state index contributed by atoms with van der Waals surface area (Å²) in [6.45, 7) is 0.755. The van der Waals surface area contributed by atoms with Crippen molar-refractivity contribution in [3.05, 3.63) is 0 Å². The molecule has 0 saturated carbocycles. The average molecular weight is 301 g/mol. The number of carboxylic acids is 2. The molecule has 0 aromatic heterocycles. The molecular weight excluding hydrogens is 282 g/mol. The van der Waals surface area contributed by atoms with Crippen molar-refractivity contribution in [2.45, 2.75) is 25.3 Å². The zero-order chi connectivity index (χ0) is 16.0. The fourth-order valence-electron chi connectivity index (χ4n) is 1.93. The Bertz CT molecular complexity index is 439. The Labute approximate surface area is 121 Å². The number of carboxylic acid groups (broad SMARTS) is 2. The summed E-state index contributed by atoms with van der Waals surface area (Å²) in [5.74, 6) is -2.66. The van der Waals surface area contributed by atoms with Gasteiger partial charge in [0.1, 0.15) is 12.6 Å². The number of hydrogen-bond acceptors (Lipinski definition) is 4. The highest BCUT2D eigenvalue weighted by molar-refractivity contribution is 5.87. The van der Waals surface area contributed by atoms with Crippen molar-refractivity contribution >= 4 is 23.9 Å². The summed E-state index contributed by atoms with van der Waals surface area (Å²) >= 11 is 0. The number of likely N-dealkylation sites (N-methyl/N-ethyl adjacent to an activating group) is 1. The van der Waals surface area contributed by atoms with E-state index in [-0.39, 0.29) is 25.3 Å². The van der Waals surface area contributed by atoms with Crippen LogP contribution in [0.4, 0.5) is 4.79 Å². The monoisotopic (exact) mass is 301 g/mol. The molecule has 118 valence electrons. The minimum absolute atomic E-state index is 0.117. The second-order valence-electron chi connectivity index (χ2n) is 4.86. The van der Waals surface area contributed by atoms with Crippen LogP contribution in [0.5, 0.6) is 0 Å². The van der Waals surface area contributed by atoms with E-state index in [0.29, 0.717) is 19.5 Å². The van der Waals surface area contributed by atoms with Gasteiger partial charge < -0.3 is 25.3 Å². The number of hydrogen-bond donors (Lipinski definition) is 3. The van der Waals surface area contributed by atoms with Gasteiger partial charge in [-0.05, 0) is 12.8 Å². The Hall–Kier alpha value is -2.32. The van der Waals surface area contributed by atoms with Gasteiger partial charge in [0.2, 0.25) is 5.91 Å². The molecule has 0 radical (unpaired) electrons. The number of aliphatic carboxylic acids is 2. The van der Waals surface area contributed by atoms with Crippen molar-refractivity contribution in [1.29, 1.82) is 0 Å². The van der Waals surface area contributed by atoms with Crippen LogP contribution < -0.4 is 5.32 Å². The molecule has 3 N–H and O–H groups in total. The molecule has 1 rings (SSSR count). The second-order valence-corrected chi connectivity index (χ2v) is 4.86. The van der Waals surface area contributed by atoms with Crippen molar-refractivity contribution in [3.8, 4) is 0 Å². The number of nitrogens with zero attached hydrogens (tertiary/aromatic N) is 2. The minimum atomic E-state index is -1.30. The molecule has 1 atom stereocenters. The van der Waals surface area contributed by atoms with Gasteiger partial charge in [0.25, 0.3) is 0 Å². The molecule has 3 amide bonds. The second kappa shape index (κ2) is 7.46. The van der Waals surface area contributed by atoms with Crippen molar-refractivity contribution in [2.75, 3.05) is 26.7 Å². The molecular formula is C12H19N3O6. The lowest BCUT2D eigenvalue weighted by Gasteiger charge is -2.22. The first-order valence-electron chi connectivity index (χ1n) is 6.55. The van der Waals surface area contributed by atoms with E-state index in [1.165, 1.54) is 9.80 Å². The third-order valence-corrected chi connectivity index (χ3v) is 3.20. The number of amides is 3. The Morgan fingerprint density at radius 3 is 2.52 bits per heavy atom. The van der Waals surface area contributed by atoms with Gasteiger partial charge in [-0.15, -0.1) is 0 Å². The van der Waals surface area contributed by atoms with E-state index in [0.717, 1.165) is 0 Å². The van der Waals surface area contributed by atoms with E-state index in [2.05, 4.69) is 5.32 Å². The maximum Gasteiger partial charge on any atom is 0.326 e. The predicted octanol–water partition coefficient (Wildman–Crippen LogP) is -0.822. The Morgan fingerprint density at radius 1 is 1.29 bits per heavy atom. The standard InChI is InChI=1S/C12H19N3O6/c1-14-5-2-6-15(7-9(14)16)12(21)13-8(11(19)20)3-4-10(17)18/h8H,2-7H2,1H3,(H,13,21)(H,17,18)(H,19,20). The van der Waals surface area contributed by atoms with Crippen LogP contribution in [-0.4, -0.2) is 76.6 Å². The number of carbonyl (C=O) groups is 4. The number of carbonyl (C=O) groups excluding carboxylic acids is 2. The molecule has 1 aliphatic heterocycles. The first-order valence-corrected chi connectivity index (χ1v) is 6.55. The van der Waals surface area contributed by atoms with Crippen LogP contribution in [0.25, 0.3) is 0 Å². The summed E-state index contributed by atoms with van der Waals surface area (Å²) in [7, 11) is 1.64. The lowest BCUT2D eigenvalue weighted by molar-refractivity contribution is -0.140. The van der Waals surface area contributed by atoms with Crippen LogP contribution in [0, 0.1) is 0 Å². The maximum absolute atomic E-state index is 12.0. The van der Waals surface area contributed by atoms with Crippen LogP contribution in [-0.2, 0) is 14.4 Å². The summed E-state index contributed by atoms with van der Waals surface area (Å²) in [6.07, 6.45) is 0.0273. The molecule has 0 aromatic carbocycles. The van der Waals surface area contributed by atoms with E-state index in [4.69, 9.17) is 10.2 Å². The third-order valence-electron chi connectivity index (χ3n) is 3.20. The number of urea groups is 1. The molecule has 0 spiro atoms. The molecule has 9 nitrogen and oxygen atoms in total. The lowest BCUT2D eigenvalue weighted by atomic mass is 10.1. The Kier molecular flexibility index (Phi) is 5.94. The largest absolute Gasteiger partial charge is 0.481 e. The molecule has 1 heterocycles. The molecule has 1 saturated heterocycles. The molecule has 0 aromatic rings. The van der Waals surface area contributed by atoms with E-state index in [1.54, 1.807) is 7.05 Å². The number of rotatable bonds is 5. The molecule has 0 bridgehead atoms. The van der Waals surface area contributed by atoms with Gasteiger partial charge in [-0.3, -0.25) is 9.59 Å². The van der Waals surface area contributed by atoms with Crippen LogP contribution in [0.2, 0.25) is 0 Å². The van der Waals surface area contributed by atoms with E-state index < -0.39 is 24.0 Å². The Balaban J connectivity index is 2.61. The van der Waals surface area contributed by atoms with Crippen LogP contribution in [0.15, 0.2) is 0 Å². The molecule has 21 heavy (non-hydrogen) atoms. The smallest absolute Gasteiger partial charge is 0.326 e. The normalized spacial score (nSPS) is 17.1. The third kappa shape index (κ3) is 5.28. The fourth-order valence-corrected chi connectivity index (χ4v) is 1.93. The highest BCUT2D eigenvalue weighted by Crippen LogP contribution is 2.05. The quantitative estimate of drug-likeness (QED) is 0.608. The van der Waals surface area contributed by atoms with Gasteiger partial charge in [0, 0.05) is 26.6 Å². The molecule has 9 heteroatoms. The van der Waals surface area contributed by atoms with Crippen molar-refractivity contribution < 1.29 is 29.4 Å². The van der Waals surface area contributed by atoms with Gasteiger partial charge >= 0.3 is 18.0 Å². The highest BCUT2D eigenvalue weighted by Gasteiger charge is 2.27. The molecule has 1 unspecified atom stereocenters. The summed E-state index contributed by atoms with van der Waals surface area (Å²) in [6, 6.07) is -1.96. The molecule has 0 aliphatic carbocycles. The topological polar surface area (TPSA) is 127 Å².